The fraction of sp³-hybridized carbons (Fsp3) is 0.192. The first-order chi connectivity index (χ1) is 27.7. The van der Waals surface area contributed by atoms with Crippen LogP contribution in [0.15, 0.2) is 146 Å². The summed E-state index contributed by atoms with van der Waals surface area (Å²) in [4.78, 5) is 4.74. The summed E-state index contributed by atoms with van der Waals surface area (Å²) in [5.74, 6) is 0.953. The van der Waals surface area contributed by atoms with Gasteiger partial charge in [-0.25, -0.2) is 0 Å². The Labute approximate surface area is 328 Å². The fourth-order valence-corrected chi connectivity index (χ4v) is 9.97. The van der Waals surface area contributed by atoms with Crippen LogP contribution in [0.5, 0.6) is 0 Å². The van der Waals surface area contributed by atoms with Gasteiger partial charge in [0.2, 0.25) is 0 Å². The quantitative estimate of drug-likeness (QED) is 0.147. The van der Waals surface area contributed by atoms with Crippen LogP contribution in [0.4, 0.5) is 34.1 Å². The highest BCUT2D eigenvalue weighted by Crippen LogP contribution is 2.53. The molecule has 4 heteroatoms. The molecule has 0 radical (unpaired) electrons. The number of hydrogen-bond donors (Lipinski definition) is 0. The van der Waals surface area contributed by atoms with Gasteiger partial charge in [-0.1, -0.05) is 98.5 Å². The zero-order chi connectivity index (χ0) is 37.6. The summed E-state index contributed by atoms with van der Waals surface area (Å²) < 4.78 is 0. The maximum atomic E-state index is 10.0. The minimum absolute atomic E-state index is 0.477. The highest BCUT2D eigenvalue weighted by atomic mass is 15.1. The molecule has 0 spiro atoms. The molecule has 0 amide bonds. The van der Waals surface area contributed by atoms with Crippen LogP contribution < -0.4 is 9.80 Å². The Morgan fingerprint density at radius 1 is 0.393 bits per heavy atom. The van der Waals surface area contributed by atoms with Gasteiger partial charge in [0.15, 0.2) is 0 Å². The van der Waals surface area contributed by atoms with Gasteiger partial charge >= 0.3 is 0 Å². The van der Waals surface area contributed by atoms with Gasteiger partial charge in [0, 0.05) is 33.5 Å². The van der Waals surface area contributed by atoms with Crippen molar-refractivity contribution < 1.29 is 0 Å². The Morgan fingerprint density at radius 3 is 1.16 bits per heavy atom. The average Bonchev–Trinajstić information content (AvgIpc) is 4.01. The molecule has 0 bridgehead atoms. The molecule has 2 saturated carbocycles. The maximum absolute atomic E-state index is 10.0. The Morgan fingerprint density at radius 2 is 0.768 bits per heavy atom. The Hall–Kier alpha value is -6.62. The van der Waals surface area contributed by atoms with Crippen LogP contribution in [-0.4, -0.2) is 0 Å². The molecular formula is C52H42N4. The lowest BCUT2D eigenvalue weighted by Crippen LogP contribution is -2.13. The zero-order valence-electron chi connectivity index (χ0n) is 31.5. The number of nitriles is 2. The minimum atomic E-state index is 0.477. The molecule has 2 aliphatic carbocycles. The van der Waals surface area contributed by atoms with Gasteiger partial charge in [0.1, 0.15) is 0 Å². The van der Waals surface area contributed by atoms with Crippen molar-refractivity contribution in [2.45, 2.75) is 63.2 Å². The summed E-state index contributed by atoms with van der Waals surface area (Å²) in [7, 11) is 0. The van der Waals surface area contributed by atoms with Gasteiger partial charge in [-0.15, -0.1) is 0 Å². The van der Waals surface area contributed by atoms with Crippen molar-refractivity contribution in [3.63, 3.8) is 0 Å². The van der Waals surface area contributed by atoms with Crippen LogP contribution in [0.1, 0.15) is 85.5 Å². The van der Waals surface area contributed by atoms with Gasteiger partial charge in [0.25, 0.3) is 0 Å². The summed E-state index contributed by atoms with van der Waals surface area (Å²) in [6.07, 6.45) is 9.75. The first-order valence-corrected chi connectivity index (χ1v) is 20.2. The number of nitrogens with zero attached hydrogens (tertiary/aromatic N) is 4. The predicted molar refractivity (Wildman–Crippen MR) is 231 cm³/mol. The van der Waals surface area contributed by atoms with Crippen molar-refractivity contribution >= 4 is 66.4 Å². The molecular weight excluding hydrogens is 681 g/mol. The summed E-state index contributed by atoms with van der Waals surface area (Å²) in [5, 5.41) is 27.8. The van der Waals surface area contributed by atoms with Crippen molar-refractivity contribution in [3.8, 4) is 12.1 Å². The maximum Gasteiger partial charge on any atom is 0.0992 e. The summed E-state index contributed by atoms with van der Waals surface area (Å²) in [6.45, 7) is 0. The summed E-state index contributed by atoms with van der Waals surface area (Å²) in [6, 6.07) is 56.6. The zero-order valence-corrected chi connectivity index (χ0v) is 31.5. The van der Waals surface area contributed by atoms with E-state index in [1.54, 1.807) is 0 Å². The fourth-order valence-electron chi connectivity index (χ4n) is 9.97. The first kappa shape index (κ1) is 33.9. The Balaban J connectivity index is 1.34. The normalized spacial score (nSPS) is 14.8. The highest BCUT2D eigenvalue weighted by molar-refractivity contribution is 6.29. The van der Waals surface area contributed by atoms with Crippen LogP contribution in [-0.2, 0) is 0 Å². The lowest BCUT2D eigenvalue weighted by atomic mass is 9.82. The summed E-state index contributed by atoms with van der Waals surface area (Å²) in [5.41, 5.74) is 10.5. The smallest absolute Gasteiger partial charge is 0.0992 e. The van der Waals surface area contributed by atoms with Crippen molar-refractivity contribution in [1.29, 1.82) is 10.5 Å². The number of para-hydroxylation sites is 2. The van der Waals surface area contributed by atoms with Crippen LogP contribution >= 0.6 is 0 Å². The van der Waals surface area contributed by atoms with E-state index in [1.165, 1.54) is 94.8 Å². The first-order valence-electron chi connectivity index (χ1n) is 20.2. The molecule has 0 aromatic heterocycles. The highest BCUT2D eigenvalue weighted by Gasteiger charge is 2.29. The van der Waals surface area contributed by atoms with Crippen LogP contribution in [0.3, 0.4) is 0 Å². The number of anilines is 6. The van der Waals surface area contributed by atoms with Crippen molar-refractivity contribution in [2.24, 2.45) is 0 Å². The number of rotatable bonds is 8. The third-order valence-electron chi connectivity index (χ3n) is 12.5. The van der Waals surface area contributed by atoms with E-state index in [-0.39, 0.29) is 0 Å². The van der Waals surface area contributed by atoms with E-state index in [4.69, 9.17) is 0 Å². The predicted octanol–water partition coefficient (Wildman–Crippen LogP) is 14.6. The largest absolute Gasteiger partial charge is 0.310 e. The molecule has 0 heterocycles. The molecule has 2 fully saturated rings. The van der Waals surface area contributed by atoms with Crippen molar-refractivity contribution in [1.82, 2.24) is 0 Å². The SMILES string of the molecule is N#Cc1cccc(N(c2ccccc2)c2cc(C3CCCC3)c3ccc4c(N(c5ccccc5)c5cccc(C#N)c5)cc(C5CCCC5)c5ccc2c3c54)c1. The van der Waals surface area contributed by atoms with E-state index in [1.807, 2.05) is 36.4 Å². The molecule has 0 N–H and O–H groups in total. The standard InChI is InChI=1S/C52H42N4/c53-33-35-13-11-23-41(29-35)55(39-19-3-1-4-20-39)49-31-47(37-15-7-8-16-37)43-26-28-46-50(56(40-21-5-2-6-22-40)42-24-12-14-36(30-42)34-54)32-48(38-17-9-10-18-38)44-25-27-45(49)51(43)52(44)46/h1-6,11-14,19-32,37-38H,7-10,15-18H2. The van der Waals surface area contributed by atoms with E-state index in [0.717, 1.165) is 34.1 Å². The average molecular weight is 723 g/mol. The van der Waals surface area contributed by atoms with Gasteiger partial charge in [-0.3, -0.25) is 0 Å². The van der Waals surface area contributed by atoms with Crippen molar-refractivity contribution in [3.05, 3.63) is 168 Å². The van der Waals surface area contributed by atoms with E-state index in [2.05, 4.69) is 131 Å². The molecule has 0 aliphatic heterocycles. The van der Waals surface area contributed by atoms with Gasteiger partial charge in [-0.2, -0.15) is 10.5 Å². The second-order valence-electron chi connectivity index (χ2n) is 15.7. The molecule has 0 saturated heterocycles. The second kappa shape index (κ2) is 14.2. The molecule has 270 valence electrons. The van der Waals surface area contributed by atoms with Crippen LogP contribution in [0.25, 0.3) is 32.3 Å². The second-order valence-corrected chi connectivity index (χ2v) is 15.7. The molecule has 10 rings (SSSR count). The molecule has 2 aliphatic rings. The molecule has 8 aromatic rings. The Bertz CT molecular complexity index is 2600. The Kier molecular flexibility index (Phi) is 8.61. The van der Waals surface area contributed by atoms with E-state index in [9.17, 15) is 10.5 Å². The topological polar surface area (TPSA) is 54.1 Å². The lowest BCUT2D eigenvalue weighted by Gasteiger charge is -2.32. The van der Waals surface area contributed by atoms with Crippen LogP contribution in [0.2, 0.25) is 0 Å². The van der Waals surface area contributed by atoms with Gasteiger partial charge in [-0.05, 0) is 143 Å². The summed E-state index contributed by atoms with van der Waals surface area (Å²) >= 11 is 0. The molecule has 0 unspecified atom stereocenters. The third kappa shape index (κ3) is 5.73. The third-order valence-corrected chi connectivity index (χ3v) is 12.5. The lowest BCUT2D eigenvalue weighted by molar-refractivity contribution is 0.729. The molecule has 0 atom stereocenters. The van der Waals surface area contributed by atoms with E-state index >= 15 is 0 Å². The minimum Gasteiger partial charge on any atom is -0.310 e. The molecule has 4 nitrogen and oxygen atoms in total. The number of hydrogen-bond acceptors (Lipinski definition) is 4. The van der Waals surface area contributed by atoms with E-state index < -0.39 is 0 Å². The van der Waals surface area contributed by atoms with Crippen LogP contribution in [0, 0.1) is 22.7 Å². The van der Waals surface area contributed by atoms with Crippen molar-refractivity contribution in [2.75, 3.05) is 9.80 Å². The monoisotopic (exact) mass is 722 g/mol. The van der Waals surface area contributed by atoms with Gasteiger partial charge in [0.05, 0.1) is 34.6 Å². The number of benzene rings is 8. The van der Waals surface area contributed by atoms with E-state index in [0.29, 0.717) is 23.0 Å². The molecule has 8 aromatic carbocycles. The molecule has 56 heavy (non-hydrogen) atoms. The van der Waals surface area contributed by atoms with Gasteiger partial charge < -0.3 is 9.80 Å².